The van der Waals surface area contributed by atoms with Crippen molar-refractivity contribution in [1.29, 1.82) is 0 Å². The van der Waals surface area contributed by atoms with Crippen molar-refractivity contribution < 1.29 is 37.1 Å². The predicted molar refractivity (Wildman–Crippen MR) is 211 cm³/mol. The van der Waals surface area contributed by atoms with Crippen LogP contribution in [0.1, 0.15) is 66.4 Å². The molecule has 0 spiro atoms. The molecule has 4 amide bonds. The van der Waals surface area contributed by atoms with Gasteiger partial charge in [-0.2, -0.15) is 0 Å². The van der Waals surface area contributed by atoms with Gasteiger partial charge in [0.15, 0.2) is 0 Å². The van der Waals surface area contributed by atoms with Crippen molar-refractivity contribution in [1.82, 2.24) is 30.2 Å². The van der Waals surface area contributed by atoms with E-state index in [1.807, 2.05) is 74.5 Å². The molecule has 14 nitrogen and oxygen atoms in total. The zero-order valence-corrected chi connectivity index (χ0v) is 33.4. The molecule has 56 heavy (non-hydrogen) atoms. The van der Waals surface area contributed by atoms with E-state index >= 15 is 0 Å². The molecule has 5 atom stereocenters. The summed E-state index contributed by atoms with van der Waals surface area (Å²) in [4.78, 5) is 66.9. The summed E-state index contributed by atoms with van der Waals surface area (Å²) in [6, 6.07) is 11.4. The fourth-order valence-electron chi connectivity index (χ4n) is 6.66. The van der Waals surface area contributed by atoms with E-state index in [-0.39, 0.29) is 25.5 Å². The van der Waals surface area contributed by atoms with Gasteiger partial charge in [-0.25, -0.2) is 23.2 Å². The molecular formula is C41H50N6O8S. The SMILES string of the molecule is C=C[C@H](C)C(NC(=O)[C@@H]1C[C@@H]2CN1C(=O)[C@H](C(C)(C)C)NC(=O)OCC(C)(C)/C=C/c1cccc(c1)-c1nc3ccccc3nc1O2)C(=O)NS(=O)(=O)C1CC1. The first-order valence-electron chi connectivity index (χ1n) is 18.8. The summed E-state index contributed by atoms with van der Waals surface area (Å²) in [5.41, 5.74) is 1.83. The van der Waals surface area contributed by atoms with E-state index in [2.05, 4.69) is 21.9 Å². The Balaban J connectivity index is 1.41. The Hall–Kier alpha value is -5.31. The molecule has 2 fully saturated rings. The van der Waals surface area contributed by atoms with Crippen molar-refractivity contribution in [2.75, 3.05) is 13.2 Å². The van der Waals surface area contributed by atoms with E-state index < -0.39 is 80.1 Å². The van der Waals surface area contributed by atoms with Crippen LogP contribution in [0.4, 0.5) is 4.79 Å². The summed E-state index contributed by atoms with van der Waals surface area (Å²) >= 11 is 0. The van der Waals surface area contributed by atoms with E-state index in [0.29, 0.717) is 29.6 Å². The molecule has 15 heteroatoms. The van der Waals surface area contributed by atoms with Crippen LogP contribution in [-0.2, 0) is 29.1 Å². The van der Waals surface area contributed by atoms with Gasteiger partial charge >= 0.3 is 6.09 Å². The number of aromatic nitrogens is 2. The van der Waals surface area contributed by atoms with Crippen LogP contribution < -0.4 is 20.1 Å². The number of nitrogens with one attached hydrogen (secondary N) is 3. The summed E-state index contributed by atoms with van der Waals surface area (Å²) in [7, 11) is -3.93. The normalized spacial score (nSPS) is 23.2. The average molecular weight is 787 g/mol. The number of para-hydroxylation sites is 2. The number of benzene rings is 2. The molecule has 3 aliphatic rings. The van der Waals surface area contributed by atoms with Crippen LogP contribution in [0.2, 0.25) is 0 Å². The van der Waals surface area contributed by atoms with Crippen LogP contribution in [-0.4, -0.2) is 89.7 Å². The van der Waals surface area contributed by atoms with Crippen LogP contribution in [0.15, 0.2) is 67.3 Å². The molecule has 3 N–H and O–H groups in total. The molecule has 3 heterocycles. The van der Waals surface area contributed by atoms with Gasteiger partial charge in [-0.3, -0.25) is 19.1 Å². The summed E-state index contributed by atoms with van der Waals surface area (Å²) in [5, 5.41) is 4.79. The Morgan fingerprint density at radius 2 is 1.77 bits per heavy atom. The van der Waals surface area contributed by atoms with Crippen molar-refractivity contribution in [3.63, 3.8) is 0 Å². The van der Waals surface area contributed by atoms with Crippen LogP contribution in [0.3, 0.4) is 0 Å². The third kappa shape index (κ3) is 9.20. The summed E-state index contributed by atoms with van der Waals surface area (Å²) in [6.07, 6.45) is 4.57. The smallest absolute Gasteiger partial charge is 0.407 e. The van der Waals surface area contributed by atoms with Crippen LogP contribution in [0.25, 0.3) is 28.4 Å². The van der Waals surface area contributed by atoms with E-state index in [1.54, 1.807) is 27.7 Å². The molecule has 298 valence electrons. The van der Waals surface area contributed by atoms with Gasteiger partial charge < -0.3 is 25.0 Å². The third-order valence-electron chi connectivity index (χ3n) is 10.2. The molecular weight excluding hydrogens is 737 g/mol. The lowest BCUT2D eigenvalue weighted by atomic mass is 9.85. The largest absolute Gasteiger partial charge is 0.471 e. The highest BCUT2D eigenvalue weighted by Gasteiger charge is 2.47. The van der Waals surface area contributed by atoms with Crippen molar-refractivity contribution in [2.24, 2.45) is 16.7 Å². The fourth-order valence-corrected chi connectivity index (χ4v) is 7.99. The van der Waals surface area contributed by atoms with Crippen molar-refractivity contribution in [2.45, 2.75) is 90.3 Å². The Morgan fingerprint density at radius 3 is 2.43 bits per heavy atom. The second kappa shape index (κ2) is 15.7. The lowest BCUT2D eigenvalue weighted by Crippen LogP contribution is -2.60. The van der Waals surface area contributed by atoms with Gasteiger partial charge in [0, 0.05) is 23.3 Å². The maximum absolute atomic E-state index is 14.7. The van der Waals surface area contributed by atoms with Crippen molar-refractivity contribution in [3.8, 4) is 17.1 Å². The molecule has 2 aliphatic heterocycles. The lowest BCUT2D eigenvalue weighted by Gasteiger charge is -2.35. The van der Waals surface area contributed by atoms with Gasteiger partial charge in [0.25, 0.3) is 5.91 Å². The maximum Gasteiger partial charge on any atom is 0.407 e. The second-order valence-corrected chi connectivity index (χ2v) is 18.6. The number of amides is 4. The van der Waals surface area contributed by atoms with Crippen LogP contribution in [0.5, 0.6) is 5.88 Å². The number of hydrogen-bond acceptors (Lipinski definition) is 10. The van der Waals surface area contributed by atoms with Crippen LogP contribution >= 0.6 is 0 Å². The van der Waals surface area contributed by atoms with Crippen molar-refractivity contribution in [3.05, 3.63) is 72.8 Å². The summed E-state index contributed by atoms with van der Waals surface area (Å²) in [5.74, 6) is -2.69. The monoisotopic (exact) mass is 786 g/mol. The van der Waals surface area contributed by atoms with E-state index in [0.717, 1.165) is 11.1 Å². The number of sulfonamides is 1. The molecule has 3 aromatic rings. The number of nitrogens with zero attached hydrogens (tertiary/aromatic N) is 3. The minimum Gasteiger partial charge on any atom is -0.471 e. The lowest BCUT2D eigenvalue weighted by molar-refractivity contribution is -0.142. The molecule has 1 aromatic heterocycles. The number of ether oxygens (including phenoxy) is 2. The first-order chi connectivity index (χ1) is 26.3. The molecule has 0 radical (unpaired) electrons. The number of fused-ring (bicyclic) bond motifs is 7. The predicted octanol–water partition coefficient (Wildman–Crippen LogP) is 4.75. The number of rotatable bonds is 7. The minimum absolute atomic E-state index is 0.00639. The van der Waals surface area contributed by atoms with Gasteiger partial charge in [-0.1, -0.05) is 90.1 Å². The zero-order chi connectivity index (χ0) is 40.6. The molecule has 4 bridgehead atoms. The molecule has 1 aliphatic carbocycles. The highest BCUT2D eigenvalue weighted by Crippen LogP contribution is 2.34. The Morgan fingerprint density at radius 1 is 1.07 bits per heavy atom. The first-order valence-corrected chi connectivity index (χ1v) is 20.3. The number of hydrogen-bond donors (Lipinski definition) is 3. The summed E-state index contributed by atoms with van der Waals surface area (Å²) < 4.78 is 39.8. The molecule has 1 unspecified atom stereocenters. The van der Waals surface area contributed by atoms with Gasteiger partial charge in [-0.05, 0) is 42.0 Å². The topological polar surface area (TPSA) is 186 Å². The molecule has 1 saturated carbocycles. The fraction of sp³-hybridized carbons (Fsp3) is 0.463. The number of cyclic esters (lactones) is 1. The number of carbonyl (C=O) groups is 4. The van der Waals surface area contributed by atoms with Crippen molar-refractivity contribution >= 4 is 50.9 Å². The van der Waals surface area contributed by atoms with Gasteiger partial charge in [0.05, 0.1) is 22.8 Å². The highest BCUT2D eigenvalue weighted by atomic mass is 32.2. The number of carbonyl (C=O) groups excluding carboxylic acids is 4. The molecule has 1 saturated heterocycles. The Bertz CT molecular complexity index is 2180. The van der Waals surface area contributed by atoms with Gasteiger partial charge in [0.1, 0.15) is 36.5 Å². The standard InChI is InChI=1S/C41H50N6O8S/c1-8-24(2)32(36(49)46-56(52,53)28-16-17-28)44-35(48)31-21-27-22-47(31)38(50)34(40(3,4)5)45-39(51)54-23-41(6,7)19-18-25-12-11-13-26(20-25)33-37(55-27)43-30-15-10-9-14-29(30)42-33/h8-15,18-20,24,27-28,31-32,34H,1,16-17,21-23H2,2-7H3,(H,44,48)(H,45,51)(H,46,49)/b19-18+/t24-,27+,31-,32?,34+/m0/s1. The average Bonchev–Trinajstić information content (AvgIpc) is 3.94. The molecule has 6 rings (SSSR count). The summed E-state index contributed by atoms with van der Waals surface area (Å²) in [6.45, 7) is 14.5. The van der Waals surface area contributed by atoms with E-state index in [4.69, 9.17) is 19.4 Å². The maximum atomic E-state index is 14.7. The number of alkyl carbamates (subject to hydrolysis) is 1. The third-order valence-corrected chi connectivity index (χ3v) is 12.0. The molecule has 2 aromatic carbocycles. The first kappa shape index (κ1) is 40.4. The zero-order valence-electron chi connectivity index (χ0n) is 32.6. The van der Waals surface area contributed by atoms with E-state index in [1.165, 1.54) is 11.0 Å². The van der Waals surface area contributed by atoms with E-state index in [9.17, 15) is 27.6 Å². The van der Waals surface area contributed by atoms with Gasteiger partial charge in [-0.15, -0.1) is 6.58 Å². The second-order valence-electron chi connectivity index (χ2n) is 16.6. The Labute approximate surface area is 327 Å². The quantitative estimate of drug-likeness (QED) is 0.282. The Kier molecular flexibility index (Phi) is 11.3. The highest BCUT2D eigenvalue weighted by molar-refractivity contribution is 7.90. The van der Waals surface area contributed by atoms with Crippen LogP contribution in [0, 0.1) is 16.7 Å². The minimum atomic E-state index is -3.93. The van der Waals surface area contributed by atoms with Gasteiger partial charge in [0.2, 0.25) is 27.7 Å².